The number of hydrogen-bond donors (Lipinski definition) is 0. The van der Waals surface area contributed by atoms with E-state index in [9.17, 15) is 18.0 Å². The fourth-order valence-corrected chi connectivity index (χ4v) is 2.95. The molecule has 0 N–H and O–H groups in total. The lowest BCUT2D eigenvalue weighted by Gasteiger charge is -2.22. The molecule has 0 unspecified atom stereocenters. The number of rotatable bonds is 5. The first-order chi connectivity index (χ1) is 10.9. The number of hydrogen-bond acceptors (Lipinski definition) is 3. The third-order valence-electron chi connectivity index (χ3n) is 4.09. The Hall–Kier alpha value is -1.72. The van der Waals surface area contributed by atoms with Crippen molar-refractivity contribution < 1.29 is 27.4 Å². The van der Waals surface area contributed by atoms with Gasteiger partial charge in [0.25, 0.3) is 0 Å². The largest absolute Gasteiger partial charge is 0.577 e. The first kappa shape index (κ1) is 17.6. The minimum absolute atomic E-state index is 0.0979. The van der Waals surface area contributed by atoms with Crippen LogP contribution in [0.15, 0.2) is 24.3 Å². The first-order valence-electron chi connectivity index (χ1n) is 7.95. The van der Waals surface area contributed by atoms with Gasteiger partial charge in [0, 0.05) is 0 Å². The van der Waals surface area contributed by atoms with Gasteiger partial charge in [0.15, 0.2) is 0 Å². The Kier molecular flexibility index (Phi) is 6.30. The van der Waals surface area contributed by atoms with Gasteiger partial charge in [0.05, 0.1) is 6.61 Å². The van der Waals surface area contributed by atoms with E-state index < -0.39 is 12.5 Å². The molecule has 0 atom stereocenters. The van der Waals surface area contributed by atoms with Crippen LogP contribution < -0.4 is 0 Å². The van der Waals surface area contributed by atoms with Crippen LogP contribution in [0, 0.1) is 0 Å². The minimum Gasteiger partial charge on any atom is -0.434 e. The maximum Gasteiger partial charge on any atom is 0.577 e. The van der Waals surface area contributed by atoms with Gasteiger partial charge < -0.3 is 9.47 Å². The fourth-order valence-electron chi connectivity index (χ4n) is 2.95. The average Bonchev–Trinajstić information content (AvgIpc) is 2.51. The topological polar surface area (TPSA) is 35.5 Å². The van der Waals surface area contributed by atoms with Crippen LogP contribution in [0.4, 0.5) is 18.0 Å². The summed E-state index contributed by atoms with van der Waals surface area (Å²) in [5.74, 6) is 0.651. The molecule has 6 heteroatoms. The van der Waals surface area contributed by atoms with E-state index in [-0.39, 0.29) is 6.61 Å². The zero-order valence-corrected chi connectivity index (χ0v) is 12.9. The number of aryl methyl sites for hydroxylation is 1. The lowest BCUT2D eigenvalue weighted by Crippen LogP contribution is -2.20. The predicted octanol–water partition coefficient (Wildman–Crippen LogP) is 5.34. The SMILES string of the molecule is O=C(OCCCc1ccc(C2CCCCC2)cc1)OC(F)(F)F. The number of carbonyl (C=O) groups is 1. The van der Waals surface area contributed by atoms with Crippen molar-refractivity contribution in [3.8, 4) is 0 Å². The van der Waals surface area contributed by atoms with E-state index >= 15 is 0 Å². The molecule has 1 aromatic carbocycles. The van der Waals surface area contributed by atoms with Gasteiger partial charge in [-0.05, 0) is 42.7 Å². The summed E-state index contributed by atoms with van der Waals surface area (Å²) in [7, 11) is 0. The molecule has 1 aliphatic rings. The highest BCUT2D eigenvalue weighted by molar-refractivity contribution is 5.59. The van der Waals surface area contributed by atoms with Gasteiger partial charge in [-0.1, -0.05) is 43.5 Å². The number of alkyl halides is 3. The Morgan fingerprint density at radius 2 is 1.74 bits per heavy atom. The average molecular weight is 330 g/mol. The Labute approximate surface area is 133 Å². The zero-order valence-electron chi connectivity index (χ0n) is 12.9. The molecule has 0 amide bonds. The van der Waals surface area contributed by atoms with Crippen molar-refractivity contribution in [2.24, 2.45) is 0 Å². The van der Waals surface area contributed by atoms with Crippen molar-refractivity contribution in [3.05, 3.63) is 35.4 Å². The molecule has 2 rings (SSSR count). The highest BCUT2D eigenvalue weighted by Crippen LogP contribution is 2.32. The van der Waals surface area contributed by atoms with Gasteiger partial charge in [0.1, 0.15) is 0 Å². The summed E-state index contributed by atoms with van der Waals surface area (Å²) in [6.07, 6.45) is 0.792. The number of halogens is 3. The van der Waals surface area contributed by atoms with Crippen LogP contribution in [0.1, 0.15) is 55.6 Å². The molecule has 0 spiro atoms. The van der Waals surface area contributed by atoms with E-state index in [1.807, 2.05) is 12.1 Å². The Morgan fingerprint density at radius 3 is 2.35 bits per heavy atom. The van der Waals surface area contributed by atoms with E-state index in [4.69, 9.17) is 0 Å². The second-order valence-electron chi connectivity index (χ2n) is 5.83. The van der Waals surface area contributed by atoms with E-state index in [0.29, 0.717) is 18.8 Å². The van der Waals surface area contributed by atoms with Crippen molar-refractivity contribution in [2.75, 3.05) is 6.61 Å². The van der Waals surface area contributed by atoms with Crippen LogP contribution in [-0.2, 0) is 15.9 Å². The molecule has 0 radical (unpaired) electrons. The van der Waals surface area contributed by atoms with E-state index in [0.717, 1.165) is 5.56 Å². The normalized spacial score (nSPS) is 16.1. The smallest absolute Gasteiger partial charge is 0.434 e. The standard InChI is InChI=1S/C17H21F3O3/c18-17(19,20)23-16(21)22-12-4-5-13-8-10-15(11-9-13)14-6-2-1-3-7-14/h8-11,14H,1-7,12H2. The third-order valence-corrected chi connectivity index (χ3v) is 4.09. The molecule has 128 valence electrons. The fraction of sp³-hybridized carbons (Fsp3) is 0.588. The van der Waals surface area contributed by atoms with Gasteiger partial charge in [-0.3, -0.25) is 0 Å². The monoisotopic (exact) mass is 330 g/mol. The third kappa shape index (κ3) is 6.50. The van der Waals surface area contributed by atoms with Crippen LogP contribution in [0.25, 0.3) is 0 Å². The van der Waals surface area contributed by atoms with Crippen molar-refractivity contribution >= 4 is 6.16 Å². The van der Waals surface area contributed by atoms with Gasteiger partial charge >= 0.3 is 12.5 Å². The van der Waals surface area contributed by atoms with Gasteiger partial charge in [-0.2, -0.15) is 0 Å². The lowest BCUT2D eigenvalue weighted by molar-refractivity contribution is -0.299. The molecule has 0 aliphatic heterocycles. The highest BCUT2D eigenvalue weighted by Gasteiger charge is 2.34. The molecular formula is C17H21F3O3. The van der Waals surface area contributed by atoms with Crippen LogP contribution >= 0.6 is 0 Å². The molecule has 1 fully saturated rings. The Bertz CT molecular complexity index is 491. The van der Waals surface area contributed by atoms with Crippen LogP contribution in [0.5, 0.6) is 0 Å². The molecular weight excluding hydrogens is 309 g/mol. The lowest BCUT2D eigenvalue weighted by atomic mass is 9.84. The van der Waals surface area contributed by atoms with Gasteiger partial charge in [0.2, 0.25) is 0 Å². The molecule has 1 aliphatic carbocycles. The zero-order chi connectivity index (χ0) is 16.7. The summed E-state index contributed by atoms with van der Waals surface area (Å²) in [4.78, 5) is 10.7. The highest BCUT2D eigenvalue weighted by atomic mass is 19.4. The predicted molar refractivity (Wildman–Crippen MR) is 79.1 cm³/mol. The molecule has 23 heavy (non-hydrogen) atoms. The number of benzene rings is 1. The molecule has 1 aromatic rings. The van der Waals surface area contributed by atoms with E-state index in [1.165, 1.54) is 37.7 Å². The quantitative estimate of drug-likeness (QED) is 0.540. The van der Waals surface area contributed by atoms with E-state index in [2.05, 4.69) is 21.6 Å². The van der Waals surface area contributed by atoms with E-state index in [1.54, 1.807) is 0 Å². The summed E-state index contributed by atoms with van der Waals surface area (Å²) in [5, 5.41) is 0. The first-order valence-corrected chi connectivity index (χ1v) is 7.95. The molecule has 3 nitrogen and oxygen atoms in total. The minimum atomic E-state index is -4.99. The molecule has 0 bridgehead atoms. The summed E-state index contributed by atoms with van der Waals surface area (Å²) in [6.45, 7) is -0.0979. The van der Waals surface area contributed by atoms with Crippen molar-refractivity contribution in [3.63, 3.8) is 0 Å². The summed E-state index contributed by atoms with van der Waals surface area (Å²) >= 11 is 0. The number of carbonyl (C=O) groups excluding carboxylic acids is 1. The summed E-state index contributed by atoms with van der Waals surface area (Å²) in [6, 6.07) is 8.34. The van der Waals surface area contributed by atoms with Crippen molar-refractivity contribution in [1.29, 1.82) is 0 Å². The number of ether oxygens (including phenoxy) is 2. The van der Waals surface area contributed by atoms with Crippen LogP contribution in [0.2, 0.25) is 0 Å². The molecule has 1 saturated carbocycles. The Balaban J connectivity index is 1.69. The summed E-state index contributed by atoms with van der Waals surface area (Å²) < 4.78 is 42.7. The van der Waals surface area contributed by atoms with Gasteiger partial charge in [-0.25, -0.2) is 4.79 Å². The molecule has 0 heterocycles. The maximum absolute atomic E-state index is 11.7. The molecule has 0 saturated heterocycles. The second-order valence-corrected chi connectivity index (χ2v) is 5.83. The second kappa shape index (κ2) is 8.22. The Morgan fingerprint density at radius 1 is 1.09 bits per heavy atom. The molecule has 0 aromatic heterocycles. The van der Waals surface area contributed by atoms with Crippen LogP contribution in [-0.4, -0.2) is 19.1 Å². The van der Waals surface area contributed by atoms with Crippen LogP contribution in [0.3, 0.4) is 0 Å². The summed E-state index contributed by atoms with van der Waals surface area (Å²) in [5.41, 5.74) is 2.44. The van der Waals surface area contributed by atoms with Crippen molar-refractivity contribution in [1.82, 2.24) is 0 Å². The van der Waals surface area contributed by atoms with Crippen molar-refractivity contribution in [2.45, 2.75) is 57.2 Å². The van der Waals surface area contributed by atoms with Gasteiger partial charge in [-0.15, -0.1) is 13.2 Å². The maximum atomic E-state index is 11.7.